The van der Waals surface area contributed by atoms with Gasteiger partial charge < -0.3 is 10.1 Å². The Bertz CT molecular complexity index is 725. The summed E-state index contributed by atoms with van der Waals surface area (Å²) in [5.41, 5.74) is 0.567. The number of hydrogen-bond donors (Lipinski definition) is 2. The van der Waals surface area contributed by atoms with E-state index >= 15 is 0 Å². The summed E-state index contributed by atoms with van der Waals surface area (Å²) >= 11 is 0. The maximum absolute atomic E-state index is 12.0. The van der Waals surface area contributed by atoms with E-state index in [1.54, 1.807) is 38.4 Å². The van der Waals surface area contributed by atoms with Crippen molar-refractivity contribution in [3.63, 3.8) is 0 Å². The van der Waals surface area contributed by atoms with E-state index in [1.807, 2.05) is 0 Å². The summed E-state index contributed by atoms with van der Waals surface area (Å²) in [6.07, 6.45) is 1.51. The van der Waals surface area contributed by atoms with Gasteiger partial charge in [0.25, 0.3) is 5.91 Å². The van der Waals surface area contributed by atoms with Crippen LogP contribution in [0.1, 0.15) is 12.8 Å². The quantitative estimate of drug-likeness (QED) is 0.874. The van der Waals surface area contributed by atoms with Crippen molar-refractivity contribution in [2.45, 2.75) is 18.4 Å². The van der Waals surface area contributed by atoms with Gasteiger partial charge in [0, 0.05) is 25.4 Å². The van der Waals surface area contributed by atoms with Crippen molar-refractivity contribution in [1.82, 2.24) is 14.8 Å². The fourth-order valence-corrected chi connectivity index (χ4v) is 2.19. The molecule has 21 heavy (non-hydrogen) atoms. The zero-order valence-corrected chi connectivity index (χ0v) is 11.8. The van der Waals surface area contributed by atoms with Gasteiger partial charge in [-0.15, -0.1) is 0 Å². The molecule has 110 valence electrons. The number of H-pyrrole nitrogens is 1. The lowest BCUT2D eigenvalue weighted by Crippen LogP contribution is -2.31. The highest BCUT2D eigenvalue weighted by atomic mass is 16.5. The standard InChI is InChI=1S/C14H16N4O3/c1-18-11(16-17-13(18)20)9-3-5-10(6-4-9)15-12(19)14(21-2)7-8-14/h3-6H,7-8H2,1-2H3,(H,15,19)(H,17,20). The molecule has 3 rings (SSSR count). The molecule has 0 spiro atoms. The van der Waals surface area contributed by atoms with E-state index in [4.69, 9.17) is 4.74 Å². The van der Waals surface area contributed by atoms with Crippen LogP contribution in [0.4, 0.5) is 5.69 Å². The average Bonchev–Trinajstić information content (AvgIpc) is 3.23. The molecule has 7 heteroatoms. The Kier molecular flexibility index (Phi) is 3.13. The lowest BCUT2D eigenvalue weighted by molar-refractivity contribution is -0.128. The second kappa shape index (κ2) is 4.85. The third-order valence-electron chi connectivity index (χ3n) is 3.79. The van der Waals surface area contributed by atoms with E-state index in [2.05, 4.69) is 15.5 Å². The predicted molar refractivity (Wildman–Crippen MR) is 76.9 cm³/mol. The minimum atomic E-state index is -0.648. The van der Waals surface area contributed by atoms with Gasteiger partial charge in [-0.2, -0.15) is 5.10 Å². The topological polar surface area (TPSA) is 89.0 Å². The molecule has 2 N–H and O–H groups in total. The number of aromatic nitrogens is 3. The lowest BCUT2D eigenvalue weighted by atomic mass is 10.2. The van der Waals surface area contributed by atoms with Crippen molar-refractivity contribution in [2.24, 2.45) is 7.05 Å². The number of aromatic amines is 1. The van der Waals surface area contributed by atoms with Gasteiger partial charge in [-0.1, -0.05) is 0 Å². The summed E-state index contributed by atoms with van der Waals surface area (Å²) in [6, 6.07) is 7.16. The molecule has 1 aliphatic rings. The fourth-order valence-electron chi connectivity index (χ4n) is 2.19. The number of nitrogens with zero attached hydrogens (tertiary/aromatic N) is 2. The van der Waals surface area contributed by atoms with Crippen LogP contribution >= 0.6 is 0 Å². The summed E-state index contributed by atoms with van der Waals surface area (Å²) in [4.78, 5) is 23.4. The monoisotopic (exact) mass is 288 g/mol. The fraction of sp³-hybridized carbons (Fsp3) is 0.357. The number of methoxy groups -OCH3 is 1. The smallest absolute Gasteiger partial charge is 0.343 e. The predicted octanol–water partition coefficient (Wildman–Crippen LogP) is 0.893. The SMILES string of the molecule is COC1(C(=O)Nc2ccc(-c3n[nH]c(=O)n3C)cc2)CC1. The zero-order chi connectivity index (χ0) is 15.0. The first-order valence-electron chi connectivity index (χ1n) is 6.64. The number of carbonyl (C=O) groups excluding carboxylic acids is 1. The number of amides is 1. The van der Waals surface area contributed by atoms with E-state index in [0.29, 0.717) is 11.5 Å². The number of rotatable bonds is 4. The van der Waals surface area contributed by atoms with Crippen LogP contribution in [0, 0.1) is 0 Å². The molecule has 0 saturated heterocycles. The first-order chi connectivity index (χ1) is 10.1. The molecule has 1 amide bonds. The molecule has 0 aliphatic heterocycles. The van der Waals surface area contributed by atoms with Crippen molar-refractivity contribution >= 4 is 11.6 Å². The van der Waals surface area contributed by atoms with Gasteiger partial charge in [-0.3, -0.25) is 9.36 Å². The molecule has 0 radical (unpaired) electrons. The van der Waals surface area contributed by atoms with E-state index in [9.17, 15) is 9.59 Å². The largest absolute Gasteiger partial charge is 0.368 e. The Morgan fingerprint density at radius 1 is 1.38 bits per heavy atom. The molecule has 1 saturated carbocycles. The minimum absolute atomic E-state index is 0.120. The Balaban J connectivity index is 1.77. The second-order valence-corrected chi connectivity index (χ2v) is 5.14. The molecule has 2 aromatic rings. The van der Waals surface area contributed by atoms with Crippen molar-refractivity contribution in [3.05, 3.63) is 34.7 Å². The third kappa shape index (κ3) is 2.36. The molecule has 0 atom stereocenters. The summed E-state index contributed by atoms with van der Waals surface area (Å²) in [6.45, 7) is 0. The molecule has 0 bridgehead atoms. The van der Waals surface area contributed by atoms with E-state index in [1.165, 1.54) is 4.57 Å². The first kappa shape index (κ1) is 13.6. The highest BCUT2D eigenvalue weighted by Gasteiger charge is 2.50. The van der Waals surface area contributed by atoms with Crippen molar-refractivity contribution in [2.75, 3.05) is 12.4 Å². The van der Waals surface area contributed by atoms with Crippen LogP contribution in [0.25, 0.3) is 11.4 Å². The number of carbonyl (C=O) groups is 1. The van der Waals surface area contributed by atoms with Crippen molar-refractivity contribution < 1.29 is 9.53 Å². The lowest BCUT2D eigenvalue weighted by Gasteiger charge is -2.13. The van der Waals surface area contributed by atoms with Gasteiger partial charge in [-0.05, 0) is 37.1 Å². The maximum Gasteiger partial charge on any atom is 0.343 e. The molecule has 1 aromatic carbocycles. The number of nitrogens with one attached hydrogen (secondary N) is 2. The van der Waals surface area contributed by atoms with Crippen LogP contribution in [0.2, 0.25) is 0 Å². The summed E-state index contributed by atoms with van der Waals surface area (Å²) in [5.74, 6) is 0.429. The molecule has 1 fully saturated rings. The number of anilines is 1. The molecule has 1 heterocycles. The van der Waals surface area contributed by atoms with Gasteiger partial charge in [0.15, 0.2) is 5.82 Å². The minimum Gasteiger partial charge on any atom is -0.368 e. The van der Waals surface area contributed by atoms with E-state index in [0.717, 1.165) is 18.4 Å². The van der Waals surface area contributed by atoms with Crippen molar-refractivity contribution in [1.29, 1.82) is 0 Å². The van der Waals surface area contributed by atoms with Gasteiger partial charge in [-0.25, -0.2) is 9.89 Å². The molecule has 1 aliphatic carbocycles. The van der Waals surface area contributed by atoms with Crippen LogP contribution < -0.4 is 11.0 Å². The van der Waals surface area contributed by atoms with Gasteiger partial charge in [0.2, 0.25) is 0 Å². The van der Waals surface area contributed by atoms with Crippen LogP contribution in [0.5, 0.6) is 0 Å². The second-order valence-electron chi connectivity index (χ2n) is 5.14. The maximum atomic E-state index is 12.0. The number of benzene rings is 1. The Morgan fingerprint density at radius 3 is 2.52 bits per heavy atom. The van der Waals surface area contributed by atoms with Gasteiger partial charge in [0.05, 0.1) is 0 Å². The molecule has 0 unspecified atom stereocenters. The van der Waals surface area contributed by atoms with E-state index in [-0.39, 0.29) is 11.6 Å². The highest BCUT2D eigenvalue weighted by molar-refractivity contribution is 5.99. The number of ether oxygens (including phenoxy) is 1. The summed E-state index contributed by atoms with van der Waals surface area (Å²) < 4.78 is 6.66. The summed E-state index contributed by atoms with van der Waals surface area (Å²) in [7, 11) is 3.19. The van der Waals surface area contributed by atoms with E-state index < -0.39 is 5.60 Å². The Hall–Kier alpha value is -2.41. The molecule has 1 aromatic heterocycles. The van der Waals surface area contributed by atoms with Gasteiger partial charge >= 0.3 is 5.69 Å². The Morgan fingerprint density at radius 2 is 2.05 bits per heavy atom. The zero-order valence-electron chi connectivity index (χ0n) is 11.8. The molecule has 7 nitrogen and oxygen atoms in total. The summed E-state index contributed by atoms with van der Waals surface area (Å²) in [5, 5.41) is 9.18. The van der Waals surface area contributed by atoms with Crippen LogP contribution in [-0.2, 0) is 16.6 Å². The average molecular weight is 288 g/mol. The number of hydrogen-bond acceptors (Lipinski definition) is 4. The van der Waals surface area contributed by atoms with Crippen LogP contribution in [-0.4, -0.2) is 33.4 Å². The van der Waals surface area contributed by atoms with Crippen LogP contribution in [0.3, 0.4) is 0 Å². The highest BCUT2D eigenvalue weighted by Crippen LogP contribution is 2.39. The molecular weight excluding hydrogens is 272 g/mol. The molecular formula is C14H16N4O3. The first-order valence-corrected chi connectivity index (χ1v) is 6.64. The normalized spacial score (nSPS) is 15.7. The van der Waals surface area contributed by atoms with Crippen molar-refractivity contribution in [3.8, 4) is 11.4 Å². The third-order valence-corrected chi connectivity index (χ3v) is 3.79. The van der Waals surface area contributed by atoms with Gasteiger partial charge in [0.1, 0.15) is 5.60 Å². The Labute approximate surface area is 120 Å². The van der Waals surface area contributed by atoms with Crippen LogP contribution in [0.15, 0.2) is 29.1 Å².